The molecule has 0 saturated heterocycles. The van der Waals surface area contributed by atoms with Gasteiger partial charge in [-0.15, -0.1) is 0 Å². The van der Waals surface area contributed by atoms with Crippen molar-refractivity contribution in [2.45, 2.75) is 51.6 Å². The van der Waals surface area contributed by atoms with E-state index in [2.05, 4.69) is 56.1 Å². The van der Waals surface area contributed by atoms with Crippen LogP contribution in [0.5, 0.6) is 0 Å². The first-order valence-corrected chi connectivity index (χ1v) is 7.55. The van der Waals surface area contributed by atoms with Crippen LogP contribution in [-0.2, 0) is 6.42 Å². The van der Waals surface area contributed by atoms with Crippen molar-refractivity contribution in [2.24, 2.45) is 0 Å². The van der Waals surface area contributed by atoms with Crippen LogP contribution in [0, 0.1) is 0 Å². The van der Waals surface area contributed by atoms with Crippen molar-refractivity contribution >= 4 is 5.82 Å². The minimum absolute atomic E-state index is 0.0947. The Hall–Kier alpha value is -1.13. The molecule has 0 aliphatic rings. The van der Waals surface area contributed by atoms with Gasteiger partial charge in [0.1, 0.15) is 5.82 Å². The summed E-state index contributed by atoms with van der Waals surface area (Å²) in [5.41, 5.74) is 7.23. The molecule has 1 rings (SSSR count). The summed E-state index contributed by atoms with van der Waals surface area (Å²) in [5, 5.41) is 3.69. The predicted octanol–water partition coefficient (Wildman–Crippen LogP) is 2.30. The number of hydrogen-bond acceptors (Lipinski definition) is 4. The average Bonchev–Trinajstić information content (AvgIpc) is 2.44. The van der Waals surface area contributed by atoms with Crippen molar-refractivity contribution in [1.29, 1.82) is 0 Å². The number of anilines is 1. The van der Waals surface area contributed by atoms with Gasteiger partial charge in [-0.3, -0.25) is 0 Å². The number of rotatable bonds is 8. The second kappa shape index (κ2) is 7.60. The zero-order valence-corrected chi connectivity index (χ0v) is 13.6. The van der Waals surface area contributed by atoms with Gasteiger partial charge in [0.2, 0.25) is 0 Å². The minimum Gasteiger partial charge on any atom is -0.383 e. The zero-order valence-electron chi connectivity index (χ0n) is 13.6. The van der Waals surface area contributed by atoms with E-state index in [1.807, 2.05) is 6.07 Å². The summed E-state index contributed by atoms with van der Waals surface area (Å²) >= 11 is 0. The third kappa shape index (κ3) is 3.93. The number of nitrogen functional groups attached to an aromatic ring is 1. The fraction of sp³-hybridized carbons (Fsp3) is 0.688. The molecule has 20 heavy (non-hydrogen) atoms. The number of hydrogen-bond donors (Lipinski definition) is 2. The van der Waals surface area contributed by atoms with E-state index in [9.17, 15) is 0 Å². The molecule has 0 spiro atoms. The average molecular weight is 278 g/mol. The molecule has 3 N–H and O–H groups in total. The van der Waals surface area contributed by atoms with Crippen molar-refractivity contribution in [3.63, 3.8) is 0 Å². The van der Waals surface area contributed by atoms with Crippen LogP contribution in [0.25, 0.3) is 0 Å². The highest BCUT2D eigenvalue weighted by Gasteiger charge is 2.34. The molecule has 0 aliphatic carbocycles. The lowest BCUT2D eigenvalue weighted by molar-refractivity contribution is 0.112. The molecule has 0 amide bonds. The molecule has 0 aromatic carbocycles. The molecule has 4 heteroatoms. The molecule has 0 saturated carbocycles. The highest BCUT2D eigenvalue weighted by molar-refractivity contribution is 5.39. The van der Waals surface area contributed by atoms with E-state index in [4.69, 9.17) is 5.73 Å². The maximum absolute atomic E-state index is 6.01. The first-order chi connectivity index (χ1) is 9.45. The molecular formula is C16H30N4. The van der Waals surface area contributed by atoms with Crippen LogP contribution in [0.3, 0.4) is 0 Å². The summed E-state index contributed by atoms with van der Waals surface area (Å²) in [6, 6.07) is 4.39. The molecule has 0 fully saturated rings. The van der Waals surface area contributed by atoms with Gasteiger partial charge >= 0.3 is 0 Å². The lowest BCUT2D eigenvalue weighted by Crippen LogP contribution is -2.58. The summed E-state index contributed by atoms with van der Waals surface area (Å²) in [7, 11) is 4.30. The monoisotopic (exact) mass is 278 g/mol. The van der Waals surface area contributed by atoms with Gasteiger partial charge in [-0.2, -0.15) is 0 Å². The van der Waals surface area contributed by atoms with Crippen molar-refractivity contribution in [2.75, 3.05) is 26.4 Å². The Morgan fingerprint density at radius 2 is 2.10 bits per heavy atom. The van der Waals surface area contributed by atoms with Gasteiger partial charge in [-0.25, -0.2) is 4.98 Å². The molecule has 1 aromatic heterocycles. The normalized spacial score (nSPS) is 16.1. The Balaban J connectivity index is 2.97. The number of aromatic nitrogens is 1. The number of pyridine rings is 1. The minimum atomic E-state index is 0.0947. The van der Waals surface area contributed by atoms with Crippen molar-refractivity contribution in [3.8, 4) is 0 Å². The van der Waals surface area contributed by atoms with E-state index in [1.54, 1.807) is 6.20 Å². The lowest BCUT2D eigenvalue weighted by atomic mass is 9.84. The first kappa shape index (κ1) is 16.9. The summed E-state index contributed by atoms with van der Waals surface area (Å²) in [6.45, 7) is 7.77. The van der Waals surface area contributed by atoms with Gasteiger partial charge < -0.3 is 16.0 Å². The Bertz CT molecular complexity index is 405. The van der Waals surface area contributed by atoms with E-state index < -0.39 is 0 Å². The Kier molecular flexibility index (Phi) is 6.43. The van der Waals surface area contributed by atoms with E-state index in [0.29, 0.717) is 11.9 Å². The van der Waals surface area contributed by atoms with Gasteiger partial charge in [0.15, 0.2) is 0 Å². The SMILES string of the molecule is CCCNC(Cc1cccnc1N)C(C)(CC)N(C)C. The van der Waals surface area contributed by atoms with Gasteiger partial charge in [-0.1, -0.05) is 19.9 Å². The topological polar surface area (TPSA) is 54.2 Å². The summed E-state index contributed by atoms with van der Waals surface area (Å²) < 4.78 is 0. The molecule has 114 valence electrons. The van der Waals surface area contributed by atoms with Crippen LogP contribution in [0.15, 0.2) is 18.3 Å². The third-order valence-electron chi connectivity index (χ3n) is 4.48. The Morgan fingerprint density at radius 3 is 2.60 bits per heavy atom. The van der Waals surface area contributed by atoms with Crippen LogP contribution in [0.1, 0.15) is 39.2 Å². The standard InChI is InChI=1S/C16H30N4/c1-6-10-18-14(16(3,7-2)20(4)5)12-13-9-8-11-19-15(13)17/h8-9,11,14,18H,6-7,10,12H2,1-5H3,(H2,17,19). The van der Waals surface area contributed by atoms with Crippen molar-refractivity contribution in [3.05, 3.63) is 23.9 Å². The third-order valence-corrected chi connectivity index (χ3v) is 4.48. The van der Waals surface area contributed by atoms with Crippen LogP contribution >= 0.6 is 0 Å². The zero-order chi connectivity index (χ0) is 15.2. The molecule has 1 aromatic rings. The number of nitrogens with one attached hydrogen (secondary N) is 1. The summed E-state index contributed by atoms with van der Waals surface area (Å²) in [6.07, 6.45) is 4.87. The van der Waals surface area contributed by atoms with Gasteiger partial charge in [0.05, 0.1) is 0 Å². The Labute approximate surface area is 123 Å². The first-order valence-electron chi connectivity index (χ1n) is 7.55. The second-order valence-corrected chi connectivity index (χ2v) is 5.86. The van der Waals surface area contributed by atoms with Crippen LogP contribution in [-0.4, -0.2) is 42.1 Å². The highest BCUT2D eigenvalue weighted by atomic mass is 15.2. The quantitative estimate of drug-likeness (QED) is 0.766. The molecule has 1 heterocycles. The molecule has 2 atom stereocenters. The van der Waals surface area contributed by atoms with E-state index in [0.717, 1.165) is 31.4 Å². The largest absolute Gasteiger partial charge is 0.383 e. The van der Waals surface area contributed by atoms with Crippen molar-refractivity contribution < 1.29 is 0 Å². The number of nitrogens with two attached hydrogens (primary N) is 1. The molecule has 4 nitrogen and oxygen atoms in total. The number of nitrogens with zero attached hydrogens (tertiary/aromatic N) is 2. The lowest BCUT2D eigenvalue weighted by Gasteiger charge is -2.43. The fourth-order valence-electron chi connectivity index (χ4n) is 2.55. The van der Waals surface area contributed by atoms with Crippen molar-refractivity contribution in [1.82, 2.24) is 15.2 Å². The van der Waals surface area contributed by atoms with Crippen LogP contribution in [0.2, 0.25) is 0 Å². The van der Waals surface area contributed by atoms with E-state index in [1.165, 1.54) is 0 Å². The second-order valence-electron chi connectivity index (χ2n) is 5.86. The summed E-state index contributed by atoms with van der Waals surface area (Å²) in [4.78, 5) is 6.51. The highest BCUT2D eigenvalue weighted by Crippen LogP contribution is 2.25. The molecule has 0 radical (unpaired) electrons. The summed E-state index contributed by atoms with van der Waals surface area (Å²) in [5.74, 6) is 0.646. The van der Waals surface area contributed by atoms with E-state index >= 15 is 0 Å². The molecule has 0 bridgehead atoms. The van der Waals surface area contributed by atoms with E-state index in [-0.39, 0.29) is 5.54 Å². The molecular weight excluding hydrogens is 248 g/mol. The molecule has 2 unspecified atom stereocenters. The van der Waals surface area contributed by atoms with Gasteiger partial charge in [-0.05, 0) is 58.5 Å². The van der Waals surface area contributed by atoms with Crippen LogP contribution in [0.4, 0.5) is 5.82 Å². The number of likely N-dealkylation sites (N-methyl/N-ethyl adjacent to an activating group) is 1. The molecule has 0 aliphatic heterocycles. The van der Waals surface area contributed by atoms with Crippen LogP contribution < -0.4 is 11.1 Å². The maximum Gasteiger partial charge on any atom is 0.126 e. The Morgan fingerprint density at radius 1 is 1.40 bits per heavy atom. The van der Waals surface area contributed by atoms with Gasteiger partial charge in [0, 0.05) is 17.8 Å². The van der Waals surface area contributed by atoms with Gasteiger partial charge in [0.25, 0.3) is 0 Å². The fourth-order valence-corrected chi connectivity index (χ4v) is 2.55. The smallest absolute Gasteiger partial charge is 0.126 e. The maximum atomic E-state index is 6.01. The predicted molar refractivity (Wildman–Crippen MR) is 86.8 cm³/mol.